The molecule has 5 N–H and O–H groups in total. The molecule has 0 aliphatic carbocycles. The molecule has 11 heteroatoms. The number of piperidine rings is 1. The lowest BCUT2D eigenvalue weighted by atomic mass is 10.0. The molecule has 0 radical (unpaired) electrons. The Kier molecular flexibility index (Phi) is 6.84. The molecule has 0 aromatic heterocycles. The van der Waals surface area contributed by atoms with Gasteiger partial charge in [-0.1, -0.05) is 0 Å². The van der Waals surface area contributed by atoms with E-state index in [2.05, 4.69) is 10.3 Å². The van der Waals surface area contributed by atoms with E-state index in [1.165, 1.54) is 12.1 Å². The Morgan fingerprint density at radius 3 is 2.27 bits per heavy atom. The van der Waals surface area contributed by atoms with Crippen LogP contribution >= 0.6 is 0 Å². The number of hydrogen-bond acceptors (Lipinski definition) is 4. The van der Waals surface area contributed by atoms with Crippen LogP contribution in [0, 0.1) is 0 Å². The summed E-state index contributed by atoms with van der Waals surface area (Å²) in [4.78, 5) is 28.6. The summed E-state index contributed by atoms with van der Waals surface area (Å²) < 4.78 is 46.1. The number of rotatable bonds is 3. The Bertz CT molecular complexity index is 822. The van der Waals surface area contributed by atoms with Crippen LogP contribution in [0.2, 0.25) is 0 Å². The molecule has 2 rings (SSSR count). The van der Waals surface area contributed by atoms with E-state index in [9.17, 15) is 22.8 Å². The number of hydrogen-bond donors (Lipinski definition) is 3. The van der Waals surface area contributed by atoms with Crippen LogP contribution in [0.4, 0.5) is 23.7 Å². The molecule has 8 nitrogen and oxygen atoms in total. The van der Waals surface area contributed by atoms with Crippen molar-refractivity contribution in [3.63, 3.8) is 0 Å². The molecule has 1 saturated heterocycles. The maximum Gasteiger partial charge on any atom is 0.418 e. The van der Waals surface area contributed by atoms with Crippen molar-refractivity contribution in [2.24, 2.45) is 16.5 Å². The summed E-state index contributed by atoms with van der Waals surface area (Å²) in [7, 11) is 0. The second-order valence-electron chi connectivity index (χ2n) is 7.98. The lowest BCUT2D eigenvalue weighted by molar-refractivity contribution is -0.137. The molecular weight excluding hydrogens is 403 g/mol. The number of nitrogens with zero attached hydrogens (tertiary/aromatic N) is 2. The second kappa shape index (κ2) is 8.80. The minimum absolute atomic E-state index is 0.0422. The number of halogens is 3. The van der Waals surface area contributed by atoms with Crippen LogP contribution < -0.4 is 21.7 Å². The lowest BCUT2D eigenvalue weighted by Crippen LogP contribution is -2.46. The van der Waals surface area contributed by atoms with Crippen LogP contribution in [0.3, 0.4) is 0 Å². The van der Waals surface area contributed by atoms with Crippen molar-refractivity contribution < 1.29 is 27.5 Å². The maximum atomic E-state index is 13.6. The average molecular weight is 429 g/mol. The van der Waals surface area contributed by atoms with Gasteiger partial charge in [-0.15, -0.1) is 0 Å². The summed E-state index contributed by atoms with van der Waals surface area (Å²) in [5, 5.41) is 2.74. The number of anilines is 1. The molecule has 1 heterocycles. The predicted molar refractivity (Wildman–Crippen MR) is 106 cm³/mol. The van der Waals surface area contributed by atoms with Gasteiger partial charge in [0, 0.05) is 30.4 Å². The van der Waals surface area contributed by atoms with Crippen molar-refractivity contribution in [1.29, 1.82) is 0 Å². The third-order valence-corrected chi connectivity index (χ3v) is 4.34. The summed E-state index contributed by atoms with van der Waals surface area (Å²) >= 11 is 0. The molecular formula is C19H26F3N5O3. The number of benzene rings is 1. The van der Waals surface area contributed by atoms with Gasteiger partial charge < -0.3 is 26.4 Å². The number of alkyl halides is 3. The van der Waals surface area contributed by atoms with Gasteiger partial charge >= 0.3 is 12.3 Å². The number of amides is 2. The second-order valence-corrected chi connectivity index (χ2v) is 7.98. The van der Waals surface area contributed by atoms with E-state index in [1.54, 1.807) is 25.7 Å². The summed E-state index contributed by atoms with van der Waals surface area (Å²) in [5.74, 6) is -1.48. The van der Waals surface area contributed by atoms with Gasteiger partial charge in [-0.3, -0.25) is 4.79 Å². The largest absolute Gasteiger partial charge is 0.444 e. The topological polar surface area (TPSA) is 123 Å². The quantitative estimate of drug-likeness (QED) is 0.501. The highest BCUT2D eigenvalue weighted by atomic mass is 19.4. The first-order chi connectivity index (χ1) is 13.8. The van der Waals surface area contributed by atoms with Crippen LogP contribution in [0.25, 0.3) is 0 Å². The number of carbonyl (C=O) groups is 2. The summed E-state index contributed by atoms with van der Waals surface area (Å²) in [6.45, 7) is 5.83. The summed E-state index contributed by atoms with van der Waals surface area (Å²) in [5.41, 5.74) is 8.35. The Hall–Kier alpha value is -2.98. The smallest absolute Gasteiger partial charge is 0.418 e. The van der Waals surface area contributed by atoms with E-state index in [1.807, 2.05) is 0 Å². The number of guanidine groups is 1. The summed E-state index contributed by atoms with van der Waals surface area (Å²) in [6.07, 6.45) is -4.33. The Balaban J connectivity index is 2.14. The molecule has 0 bridgehead atoms. The molecule has 166 valence electrons. The third kappa shape index (κ3) is 6.53. The molecule has 30 heavy (non-hydrogen) atoms. The molecule has 0 unspecified atom stereocenters. The van der Waals surface area contributed by atoms with Crippen molar-refractivity contribution in [2.75, 3.05) is 18.0 Å². The van der Waals surface area contributed by atoms with Gasteiger partial charge in [0.15, 0.2) is 5.96 Å². The van der Waals surface area contributed by atoms with E-state index in [4.69, 9.17) is 16.2 Å². The van der Waals surface area contributed by atoms with Crippen molar-refractivity contribution in [3.05, 3.63) is 29.3 Å². The normalized spacial score (nSPS) is 15.5. The zero-order valence-electron chi connectivity index (χ0n) is 17.0. The number of carbonyl (C=O) groups excluding carboxylic acids is 2. The van der Waals surface area contributed by atoms with Crippen LogP contribution in [-0.2, 0) is 10.9 Å². The van der Waals surface area contributed by atoms with Gasteiger partial charge in [0.05, 0.1) is 5.56 Å². The fourth-order valence-corrected chi connectivity index (χ4v) is 3.09. The van der Waals surface area contributed by atoms with E-state index in [0.29, 0.717) is 25.9 Å². The van der Waals surface area contributed by atoms with E-state index in [-0.39, 0.29) is 17.3 Å². The Morgan fingerprint density at radius 2 is 1.77 bits per heavy atom. The molecule has 1 fully saturated rings. The van der Waals surface area contributed by atoms with Gasteiger partial charge in [-0.05, 0) is 51.8 Å². The van der Waals surface area contributed by atoms with Gasteiger partial charge in [0.25, 0.3) is 5.91 Å². The van der Waals surface area contributed by atoms with Crippen molar-refractivity contribution in [2.45, 2.75) is 51.4 Å². The zero-order chi connectivity index (χ0) is 22.7. The molecule has 1 aliphatic heterocycles. The lowest BCUT2D eigenvalue weighted by Gasteiger charge is -2.35. The van der Waals surface area contributed by atoms with Crippen molar-refractivity contribution >= 4 is 23.6 Å². The molecule has 1 aliphatic rings. The van der Waals surface area contributed by atoms with E-state index < -0.39 is 35.3 Å². The first kappa shape index (κ1) is 23.3. The first-order valence-electron chi connectivity index (χ1n) is 9.36. The number of alkyl carbamates (subject to hydrolysis) is 1. The van der Waals surface area contributed by atoms with Crippen molar-refractivity contribution in [3.8, 4) is 0 Å². The number of nitrogens with two attached hydrogens (primary N) is 2. The van der Waals surface area contributed by atoms with Gasteiger partial charge in [0.2, 0.25) is 0 Å². The third-order valence-electron chi connectivity index (χ3n) is 4.34. The fraction of sp³-hybridized carbons (Fsp3) is 0.526. The number of aliphatic imine (C=N–C) groups is 1. The van der Waals surface area contributed by atoms with Crippen LogP contribution in [0.1, 0.15) is 49.5 Å². The van der Waals surface area contributed by atoms with Gasteiger partial charge in [-0.25, -0.2) is 4.79 Å². The minimum Gasteiger partial charge on any atom is -0.444 e. The Morgan fingerprint density at radius 1 is 1.17 bits per heavy atom. The van der Waals surface area contributed by atoms with Gasteiger partial charge in [-0.2, -0.15) is 18.2 Å². The van der Waals surface area contributed by atoms with Gasteiger partial charge in [0.1, 0.15) is 5.60 Å². The van der Waals surface area contributed by atoms with Crippen LogP contribution in [0.5, 0.6) is 0 Å². The number of nitrogens with one attached hydrogen (secondary N) is 1. The molecule has 0 saturated carbocycles. The molecule has 2 amide bonds. The van der Waals surface area contributed by atoms with Crippen LogP contribution in [-0.4, -0.2) is 42.7 Å². The monoisotopic (exact) mass is 429 g/mol. The highest BCUT2D eigenvalue weighted by molar-refractivity contribution is 6.02. The fourth-order valence-electron chi connectivity index (χ4n) is 3.09. The highest BCUT2D eigenvalue weighted by Crippen LogP contribution is 2.38. The molecule has 1 aromatic carbocycles. The standard InChI is InChI=1S/C19H26F3N5O3/c1-18(2,3)30-17(29)25-12-6-8-27(9-7-12)14-5-4-11(15(28)26-16(23)24)10-13(14)19(20,21)22/h4-5,10,12H,6-9H2,1-3H3,(H,25,29)(H4,23,24,26,28). The molecule has 1 aromatic rings. The van der Waals surface area contributed by atoms with E-state index >= 15 is 0 Å². The minimum atomic E-state index is -4.67. The van der Waals surface area contributed by atoms with Crippen LogP contribution in [0.15, 0.2) is 23.2 Å². The SMILES string of the molecule is CC(C)(C)OC(=O)NC1CCN(c2ccc(C(=O)N=C(N)N)cc2C(F)(F)F)CC1. The molecule has 0 spiro atoms. The Labute approximate surface area is 172 Å². The summed E-state index contributed by atoms with van der Waals surface area (Å²) in [6, 6.07) is 3.03. The first-order valence-corrected chi connectivity index (χ1v) is 9.36. The van der Waals surface area contributed by atoms with Crippen molar-refractivity contribution in [1.82, 2.24) is 5.32 Å². The highest BCUT2D eigenvalue weighted by Gasteiger charge is 2.36. The molecule has 0 atom stereocenters. The number of ether oxygens (including phenoxy) is 1. The van der Waals surface area contributed by atoms with E-state index in [0.717, 1.165) is 6.07 Å². The maximum absolute atomic E-state index is 13.6. The average Bonchev–Trinajstić information content (AvgIpc) is 2.59. The zero-order valence-corrected chi connectivity index (χ0v) is 17.0. The predicted octanol–water partition coefficient (Wildman–Crippen LogP) is 2.61.